The summed E-state index contributed by atoms with van der Waals surface area (Å²) in [6.45, 7) is 2.95. The van der Waals surface area contributed by atoms with E-state index in [9.17, 15) is 8.42 Å². The summed E-state index contributed by atoms with van der Waals surface area (Å²) in [5.74, 6) is 1.15. The zero-order chi connectivity index (χ0) is 19.0. The smallest absolute Gasteiger partial charge is 0.243 e. The Kier molecular flexibility index (Phi) is 5.29. The topological polar surface area (TPSA) is 69.3 Å². The van der Waals surface area contributed by atoms with Gasteiger partial charge in [-0.05, 0) is 55.8 Å². The highest BCUT2D eigenvalue weighted by Crippen LogP contribution is 2.41. The van der Waals surface area contributed by atoms with Crippen LogP contribution < -0.4 is 0 Å². The van der Waals surface area contributed by atoms with Gasteiger partial charge >= 0.3 is 0 Å². The molecule has 1 saturated heterocycles. The maximum Gasteiger partial charge on any atom is 0.243 e. The molecular weight excluding hydrogens is 384 g/mol. The molecule has 0 radical (unpaired) electrons. The van der Waals surface area contributed by atoms with Crippen LogP contribution in [0.1, 0.15) is 25.0 Å². The third-order valence-corrected chi connectivity index (χ3v) is 8.20. The number of piperidine rings is 1. The quantitative estimate of drug-likeness (QED) is 0.825. The lowest BCUT2D eigenvalue weighted by Gasteiger charge is -2.34. The summed E-state index contributed by atoms with van der Waals surface area (Å²) in [6, 6.07) is 6.58. The Morgan fingerprint density at radius 3 is 2.89 bits per heavy atom. The van der Waals surface area contributed by atoms with Gasteiger partial charge < -0.3 is 4.98 Å². The second-order valence-electron chi connectivity index (χ2n) is 7.72. The maximum absolute atomic E-state index is 13.0. The van der Waals surface area contributed by atoms with E-state index in [0.717, 1.165) is 44.6 Å². The number of aromatic amines is 1. The minimum absolute atomic E-state index is 0.0519. The van der Waals surface area contributed by atoms with Gasteiger partial charge in [0.25, 0.3) is 0 Å². The van der Waals surface area contributed by atoms with Gasteiger partial charge in [0, 0.05) is 43.1 Å². The molecule has 1 saturated carbocycles. The molecule has 0 amide bonds. The van der Waals surface area contributed by atoms with E-state index in [-0.39, 0.29) is 10.9 Å². The number of halogens is 1. The monoisotopic (exact) mass is 408 g/mol. The van der Waals surface area contributed by atoms with Crippen molar-refractivity contribution in [2.24, 2.45) is 11.8 Å². The average molecular weight is 409 g/mol. The molecule has 0 bridgehead atoms. The van der Waals surface area contributed by atoms with Crippen molar-refractivity contribution in [3.63, 3.8) is 0 Å². The summed E-state index contributed by atoms with van der Waals surface area (Å²) < 4.78 is 27.6. The summed E-state index contributed by atoms with van der Waals surface area (Å²) in [6.07, 6.45) is 6.57. The first-order valence-electron chi connectivity index (χ1n) is 9.36. The fourth-order valence-corrected chi connectivity index (χ4v) is 6.25. The summed E-state index contributed by atoms with van der Waals surface area (Å²) in [5.41, 5.74) is 1.13. The van der Waals surface area contributed by atoms with Gasteiger partial charge in [-0.2, -0.15) is 4.31 Å². The zero-order valence-electron chi connectivity index (χ0n) is 15.4. The lowest BCUT2D eigenvalue weighted by molar-refractivity contribution is 0.131. The van der Waals surface area contributed by atoms with Crippen molar-refractivity contribution in [2.75, 3.05) is 20.1 Å². The molecule has 3 atom stereocenters. The van der Waals surface area contributed by atoms with Crippen LogP contribution in [-0.4, -0.2) is 53.8 Å². The largest absolute Gasteiger partial charge is 0.347 e. The number of imidazole rings is 1. The van der Waals surface area contributed by atoms with Crippen molar-refractivity contribution >= 4 is 21.6 Å². The minimum Gasteiger partial charge on any atom is -0.347 e. The molecule has 146 valence electrons. The van der Waals surface area contributed by atoms with E-state index < -0.39 is 10.0 Å². The van der Waals surface area contributed by atoms with Crippen LogP contribution >= 0.6 is 11.6 Å². The minimum atomic E-state index is -3.52. The molecule has 1 aromatic heterocycles. The zero-order valence-corrected chi connectivity index (χ0v) is 17.0. The number of H-pyrrole nitrogens is 1. The molecule has 2 heterocycles. The van der Waals surface area contributed by atoms with Gasteiger partial charge in [0.05, 0.1) is 11.2 Å². The Hall–Kier alpha value is -1.41. The highest BCUT2D eigenvalue weighted by Gasteiger charge is 2.42. The maximum atomic E-state index is 13.0. The number of fused-ring (bicyclic) bond motifs is 1. The lowest BCUT2D eigenvalue weighted by Crippen LogP contribution is -2.38. The van der Waals surface area contributed by atoms with E-state index in [2.05, 4.69) is 14.9 Å². The number of hydrogen-bond donors (Lipinski definition) is 1. The first-order valence-corrected chi connectivity index (χ1v) is 11.2. The lowest BCUT2D eigenvalue weighted by atomic mass is 9.89. The summed E-state index contributed by atoms with van der Waals surface area (Å²) in [7, 11) is -1.81. The van der Waals surface area contributed by atoms with Crippen LogP contribution in [0.15, 0.2) is 41.7 Å². The number of likely N-dealkylation sites (tertiary alicyclic amines) is 1. The third kappa shape index (κ3) is 3.92. The second-order valence-corrected chi connectivity index (χ2v) is 10.2. The molecule has 1 aliphatic heterocycles. The van der Waals surface area contributed by atoms with Crippen molar-refractivity contribution < 1.29 is 8.42 Å². The molecule has 2 aliphatic rings. The van der Waals surface area contributed by atoms with Crippen LogP contribution in [0.3, 0.4) is 0 Å². The van der Waals surface area contributed by atoms with Gasteiger partial charge in [-0.25, -0.2) is 13.4 Å². The van der Waals surface area contributed by atoms with E-state index in [4.69, 9.17) is 11.6 Å². The number of aromatic nitrogens is 2. The van der Waals surface area contributed by atoms with Gasteiger partial charge in [0.15, 0.2) is 0 Å². The van der Waals surface area contributed by atoms with Gasteiger partial charge in [0.2, 0.25) is 10.0 Å². The van der Waals surface area contributed by atoms with Crippen molar-refractivity contribution in [3.05, 3.63) is 47.5 Å². The molecule has 1 aliphatic carbocycles. The number of benzene rings is 1. The molecule has 1 N–H and O–H groups in total. The molecule has 27 heavy (non-hydrogen) atoms. The van der Waals surface area contributed by atoms with Crippen molar-refractivity contribution in [1.29, 1.82) is 0 Å². The summed E-state index contributed by atoms with van der Waals surface area (Å²) >= 11 is 5.99. The van der Waals surface area contributed by atoms with Gasteiger partial charge in [0.1, 0.15) is 0 Å². The average Bonchev–Trinajstić information content (AvgIpc) is 3.30. The highest BCUT2D eigenvalue weighted by atomic mass is 35.5. The fraction of sp³-hybridized carbons (Fsp3) is 0.526. The Labute approximate surface area is 165 Å². The van der Waals surface area contributed by atoms with E-state index in [1.54, 1.807) is 35.9 Å². The predicted molar refractivity (Wildman–Crippen MR) is 105 cm³/mol. The number of nitrogens with zero attached hydrogens (tertiary/aromatic N) is 3. The number of nitrogens with one attached hydrogen (secondary N) is 1. The standard InChI is InChI=1S/C19H25ClN4O2S/c1-23(27(25,26)19-4-2-3-16(20)9-19)18-7-14-5-6-24(11-15(14)8-18)12-17-10-21-13-22-17/h2-4,9-10,13-15,18H,5-8,11-12H2,1H3,(H,21,22)/t14-,15-,18+/m1/s1. The highest BCUT2D eigenvalue weighted by molar-refractivity contribution is 7.89. The summed E-state index contributed by atoms with van der Waals surface area (Å²) in [4.78, 5) is 9.97. The van der Waals surface area contributed by atoms with E-state index in [1.165, 1.54) is 6.07 Å². The molecular formula is C19H25ClN4O2S. The molecule has 6 nitrogen and oxygen atoms in total. The number of hydrogen-bond acceptors (Lipinski definition) is 4. The molecule has 1 aromatic carbocycles. The van der Waals surface area contributed by atoms with Crippen LogP contribution in [0, 0.1) is 11.8 Å². The normalized spacial score (nSPS) is 26.4. The van der Waals surface area contributed by atoms with Gasteiger partial charge in [-0.1, -0.05) is 17.7 Å². The molecule has 2 aromatic rings. The fourth-order valence-electron chi connectivity index (χ4n) is 4.57. The molecule has 0 spiro atoms. The van der Waals surface area contributed by atoms with Gasteiger partial charge in [-0.15, -0.1) is 0 Å². The Bertz CT molecular complexity index is 887. The first-order chi connectivity index (χ1) is 12.9. The molecule has 8 heteroatoms. The van der Waals surface area contributed by atoms with E-state index >= 15 is 0 Å². The molecule has 4 rings (SSSR count). The van der Waals surface area contributed by atoms with Crippen LogP contribution in [0.2, 0.25) is 5.02 Å². The van der Waals surface area contributed by atoms with Crippen LogP contribution in [-0.2, 0) is 16.6 Å². The number of rotatable bonds is 5. The van der Waals surface area contributed by atoms with E-state index in [1.807, 2.05) is 6.20 Å². The van der Waals surface area contributed by atoms with Crippen molar-refractivity contribution in [1.82, 2.24) is 19.2 Å². The first kappa shape index (κ1) is 18.9. The Morgan fingerprint density at radius 1 is 1.33 bits per heavy atom. The molecule has 0 unspecified atom stereocenters. The Morgan fingerprint density at radius 2 is 2.15 bits per heavy atom. The summed E-state index contributed by atoms with van der Waals surface area (Å²) in [5, 5.41) is 0.444. The Balaban J connectivity index is 1.43. The van der Waals surface area contributed by atoms with E-state index in [0.29, 0.717) is 16.9 Å². The SMILES string of the molecule is CN([C@H]1C[C@H]2CCN(Cc3cnc[nH]3)C[C@H]2C1)S(=O)(=O)c1cccc(Cl)c1. The predicted octanol–water partition coefficient (Wildman–Crippen LogP) is 2.98. The van der Waals surface area contributed by atoms with Crippen LogP contribution in [0.4, 0.5) is 0 Å². The number of sulfonamides is 1. The molecule has 2 fully saturated rings. The third-order valence-electron chi connectivity index (χ3n) is 6.06. The van der Waals surface area contributed by atoms with Crippen LogP contribution in [0.5, 0.6) is 0 Å². The van der Waals surface area contributed by atoms with Gasteiger partial charge in [-0.3, -0.25) is 4.90 Å². The van der Waals surface area contributed by atoms with Crippen molar-refractivity contribution in [3.8, 4) is 0 Å². The van der Waals surface area contributed by atoms with Crippen molar-refractivity contribution in [2.45, 2.75) is 36.7 Å². The van der Waals surface area contributed by atoms with Crippen LogP contribution in [0.25, 0.3) is 0 Å². The second kappa shape index (κ2) is 7.54.